The van der Waals surface area contributed by atoms with Gasteiger partial charge in [-0.3, -0.25) is 9.59 Å². The van der Waals surface area contributed by atoms with Gasteiger partial charge in [0.25, 0.3) is 0 Å². The molecule has 2 aliphatic carbocycles. The number of hydrogen-bond acceptors (Lipinski definition) is 5. The fourth-order valence-corrected chi connectivity index (χ4v) is 7.90. The van der Waals surface area contributed by atoms with Crippen LogP contribution in [0.15, 0.2) is 52.9 Å². The minimum Gasteiger partial charge on any atom is -0.274 e. The first-order valence-electron chi connectivity index (χ1n) is 10.0. The molecule has 0 N–H and O–H groups in total. The third-order valence-corrected chi connectivity index (χ3v) is 9.38. The van der Waals surface area contributed by atoms with E-state index >= 15 is 0 Å². The molecule has 1 saturated carbocycles. The Bertz CT molecular complexity index is 1240. The molecule has 2 bridgehead atoms. The highest BCUT2D eigenvalue weighted by atomic mass is 35.5. The number of fused-ring (bicyclic) bond motifs is 6. The standard InChI is InChI=1S/C23H16Cl2N2O2S2/c24-15-2-1-3-16(25)14(15)10-30-23-26-17-7-6-13(9-18(17)31-23)27-21(28)19-11-4-5-12(8-11)20(19)22(27)29/h1-7,9,11-12,19-20H,8,10H2/t11-,12-,19-,20-/m0/s1. The second-order valence-corrected chi connectivity index (χ2v) is 11.2. The van der Waals surface area contributed by atoms with Crippen LogP contribution in [0.5, 0.6) is 0 Å². The minimum atomic E-state index is -0.189. The Balaban J connectivity index is 1.26. The van der Waals surface area contributed by atoms with Crippen LogP contribution in [0.2, 0.25) is 10.0 Å². The van der Waals surface area contributed by atoms with E-state index in [-0.39, 0.29) is 35.5 Å². The molecule has 3 aliphatic rings. The van der Waals surface area contributed by atoms with Crippen LogP contribution in [0.25, 0.3) is 10.2 Å². The summed E-state index contributed by atoms with van der Waals surface area (Å²) in [5.74, 6) is 0.550. The highest BCUT2D eigenvalue weighted by molar-refractivity contribution is 8.00. The molecule has 1 aromatic heterocycles. The number of rotatable bonds is 4. The van der Waals surface area contributed by atoms with Crippen LogP contribution in [0.4, 0.5) is 5.69 Å². The predicted molar refractivity (Wildman–Crippen MR) is 126 cm³/mol. The Labute approximate surface area is 197 Å². The van der Waals surface area contributed by atoms with E-state index in [1.54, 1.807) is 23.1 Å². The van der Waals surface area contributed by atoms with Crippen LogP contribution in [-0.4, -0.2) is 16.8 Å². The molecule has 2 fully saturated rings. The van der Waals surface area contributed by atoms with Gasteiger partial charge in [-0.1, -0.05) is 53.2 Å². The minimum absolute atomic E-state index is 0.0568. The number of nitrogens with zero attached hydrogens (tertiary/aromatic N) is 2. The highest BCUT2D eigenvalue weighted by Crippen LogP contribution is 2.53. The summed E-state index contributed by atoms with van der Waals surface area (Å²) in [6, 6.07) is 11.1. The first-order valence-corrected chi connectivity index (χ1v) is 12.6. The predicted octanol–water partition coefficient (Wildman–Crippen LogP) is 6.21. The van der Waals surface area contributed by atoms with Gasteiger partial charge < -0.3 is 0 Å². The van der Waals surface area contributed by atoms with Crippen molar-refractivity contribution in [2.45, 2.75) is 16.5 Å². The van der Waals surface area contributed by atoms with Crippen LogP contribution in [0, 0.1) is 23.7 Å². The van der Waals surface area contributed by atoms with Gasteiger partial charge in [0.05, 0.1) is 27.7 Å². The Morgan fingerprint density at radius 1 is 1.03 bits per heavy atom. The lowest BCUT2D eigenvalue weighted by molar-refractivity contribution is -0.123. The van der Waals surface area contributed by atoms with E-state index in [9.17, 15) is 9.59 Å². The van der Waals surface area contributed by atoms with Gasteiger partial charge in [0.1, 0.15) is 0 Å². The Morgan fingerprint density at radius 2 is 1.71 bits per heavy atom. The largest absolute Gasteiger partial charge is 0.274 e. The van der Waals surface area contributed by atoms with Crippen molar-refractivity contribution in [3.05, 3.63) is 64.2 Å². The summed E-state index contributed by atoms with van der Waals surface area (Å²) >= 11 is 15.7. The van der Waals surface area contributed by atoms with Gasteiger partial charge >= 0.3 is 0 Å². The number of carbonyl (C=O) groups excluding carboxylic acids is 2. The highest BCUT2D eigenvalue weighted by Gasteiger charge is 2.59. The molecule has 6 rings (SSSR count). The van der Waals surface area contributed by atoms with Crippen molar-refractivity contribution in [3.8, 4) is 0 Å². The molecule has 2 aromatic carbocycles. The molecule has 31 heavy (non-hydrogen) atoms. The van der Waals surface area contributed by atoms with Crippen molar-refractivity contribution in [1.82, 2.24) is 4.98 Å². The van der Waals surface area contributed by atoms with E-state index in [2.05, 4.69) is 17.1 Å². The van der Waals surface area contributed by atoms with Crippen LogP contribution in [0.3, 0.4) is 0 Å². The summed E-state index contributed by atoms with van der Waals surface area (Å²) in [4.78, 5) is 32.2. The maximum absolute atomic E-state index is 13.1. The molecule has 4 nitrogen and oxygen atoms in total. The van der Waals surface area contributed by atoms with Gasteiger partial charge in [-0.2, -0.15) is 0 Å². The lowest BCUT2D eigenvalue weighted by atomic mass is 9.85. The van der Waals surface area contributed by atoms with E-state index < -0.39 is 0 Å². The number of imide groups is 1. The zero-order valence-electron chi connectivity index (χ0n) is 16.1. The molecule has 3 aromatic rings. The third-order valence-electron chi connectivity index (χ3n) is 6.48. The average Bonchev–Trinajstić information content (AvgIpc) is 3.50. The number of halogens is 2. The SMILES string of the molecule is O=C1[C@@H]2[C@@H](C(=O)N1c1ccc3nc(SCc4c(Cl)cccc4Cl)sc3c1)[C@H]1C=C[C@H]2C1. The number of anilines is 1. The fraction of sp³-hybridized carbons (Fsp3) is 0.261. The summed E-state index contributed by atoms with van der Waals surface area (Å²) in [5, 5.41) is 1.28. The number of amides is 2. The third kappa shape index (κ3) is 3.07. The molecule has 0 unspecified atom stereocenters. The summed E-state index contributed by atoms with van der Waals surface area (Å²) in [6.45, 7) is 0. The van der Waals surface area contributed by atoms with Crippen LogP contribution < -0.4 is 4.90 Å². The summed E-state index contributed by atoms with van der Waals surface area (Å²) in [7, 11) is 0. The van der Waals surface area contributed by atoms with Crippen molar-refractivity contribution < 1.29 is 9.59 Å². The first kappa shape index (κ1) is 19.8. The lowest BCUT2D eigenvalue weighted by Crippen LogP contribution is -2.32. The molecule has 1 saturated heterocycles. The Hall–Kier alpha value is -1.86. The van der Waals surface area contributed by atoms with Gasteiger partial charge in [0.2, 0.25) is 11.8 Å². The van der Waals surface area contributed by atoms with E-state index in [1.165, 1.54) is 4.90 Å². The molecule has 0 radical (unpaired) electrons. The van der Waals surface area contributed by atoms with Crippen molar-refractivity contribution in [2.24, 2.45) is 23.7 Å². The smallest absolute Gasteiger partial charge is 0.238 e. The van der Waals surface area contributed by atoms with E-state index in [0.29, 0.717) is 21.5 Å². The van der Waals surface area contributed by atoms with Gasteiger partial charge in [-0.05, 0) is 54.2 Å². The first-order chi connectivity index (χ1) is 15.0. The summed E-state index contributed by atoms with van der Waals surface area (Å²) in [5.41, 5.74) is 2.38. The quantitative estimate of drug-likeness (QED) is 0.250. The second-order valence-electron chi connectivity index (χ2n) is 8.13. The van der Waals surface area contributed by atoms with Crippen molar-refractivity contribution in [3.63, 3.8) is 0 Å². The molecule has 0 spiro atoms. The molecule has 2 amide bonds. The number of aromatic nitrogens is 1. The maximum Gasteiger partial charge on any atom is 0.238 e. The van der Waals surface area contributed by atoms with Gasteiger partial charge in [-0.15, -0.1) is 11.3 Å². The molecular weight excluding hydrogens is 471 g/mol. The Morgan fingerprint density at radius 3 is 2.39 bits per heavy atom. The summed E-state index contributed by atoms with van der Waals surface area (Å²) in [6.07, 6.45) is 5.16. The van der Waals surface area contributed by atoms with Crippen molar-refractivity contribution >= 4 is 74.0 Å². The van der Waals surface area contributed by atoms with Gasteiger partial charge in [0.15, 0.2) is 4.34 Å². The number of thioether (sulfide) groups is 1. The van der Waals surface area contributed by atoms with Crippen LogP contribution in [0.1, 0.15) is 12.0 Å². The average molecular weight is 487 g/mol. The monoisotopic (exact) mass is 486 g/mol. The van der Waals surface area contributed by atoms with E-state index in [0.717, 1.165) is 26.5 Å². The second kappa shape index (κ2) is 7.34. The molecular formula is C23H16Cl2N2O2S2. The Kier molecular flexibility index (Phi) is 4.69. The normalized spacial score (nSPS) is 26.5. The van der Waals surface area contributed by atoms with Gasteiger partial charge in [-0.25, -0.2) is 9.88 Å². The number of thiazole rings is 1. The van der Waals surface area contributed by atoms with Gasteiger partial charge in [0, 0.05) is 15.8 Å². The fourth-order valence-electron chi connectivity index (χ4n) is 5.05. The molecule has 156 valence electrons. The number of hydrogen-bond donors (Lipinski definition) is 0. The topological polar surface area (TPSA) is 50.3 Å². The zero-order valence-corrected chi connectivity index (χ0v) is 19.3. The van der Waals surface area contributed by atoms with Crippen LogP contribution in [-0.2, 0) is 15.3 Å². The molecule has 2 heterocycles. The van der Waals surface area contributed by atoms with Crippen molar-refractivity contribution in [2.75, 3.05) is 4.90 Å². The van der Waals surface area contributed by atoms with E-state index in [1.807, 2.05) is 36.4 Å². The van der Waals surface area contributed by atoms with Crippen molar-refractivity contribution in [1.29, 1.82) is 0 Å². The maximum atomic E-state index is 13.1. The number of allylic oxidation sites excluding steroid dienone is 2. The summed E-state index contributed by atoms with van der Waals surface area (Å²) < 4.78 is 1.84. The van der Waals surface area contributed by atoms with E-state index in [4.69, 9.17) is 23.2 Å². The molecule has 1 aliphatic heterocycles. The molecule has 8 heteroatoms. The lowest BCUT2D eigenvalue weighted by Gasteiger charge is -2.17. The number of benzene rings is 2. The zero-order chi connectivity index (χ0) is 21.3. The van der Waals surface area contributed by atoms with Crippen LogP contribution >= 0.6 is 46.3 Å². The number of carbonyl (C=O) groups is 2. The molecule has 4 atom stereocenters.